The Morgan fingerprint density at radius 2 is 2.28 bits per heavy atom. The molecule has 0 aromatic carbocycles. The first-order valence-corrected chi connectivity index (χ1v) is 7.14. The fraction of sp³-hybridized carbons (Fsp3) is 0.400. The van der Waals surface area contributed by atoms with E-state index in [1.165, 1.54) is 25.6 Å². The number of ether oxygens (including phenoxy) is 1. The third-order valence-corrected chi connectivity index (χ3v) is 3.74. The number of methoxy groups -OCH3 is 1. The number of carbonyl (C=O) groups is 1. The Morgan fingerprint density at radius 1 is 1.56 bits per heavy atom. The lowest BCUT2D eigenvalue weighted by Crippen LogP contribution is -2.18. The minimum absolute atomic E-state index is 0.0538. The average Bonchev–Trinajstić information content (AvgIpc) is 2.31. The summed E-state index contributed by atoms with van der Waals surface area (Å²) in [5.74, 6) is -0.627. The smallest absolute Gasteiger partial charge is 0.305 e. The van der Waals surface area contributed by atoms with E-state index in [9.17, 15) is 13.2 Å². The Balaban J connectivity index is 2.55. The highest BCUT2D eigenvalue weighted by atomic mass is 35.5. The molecule has 0 unspecified atom stereocenters. The van der Waals surface area contributed by atoms with Crippen LogP contribution >= 0.6 is 11.6 Å². The molecule has 1 rings (SSSR count). The highest BCUT2D eigenvalue weighted by molar-refractivity contribution is 7.92. The Labute approximate surface area is 110 Å². The number of aromatic nitrogens is 1. The standard InChI is InChI=1S/C10H13ClN2O4S/c1-17-10(14)3-2-6-18(15,16)13-9-7-12-5-4-8(9)11/h4-5,7,13H,2-3,6H2,1H3. The van der Waals surface area contributed by atoms with Gasteiger partial charge in [0, 0.05) is 12.6 Å². The normalized spacial score (nSPS) is 11.0. The molecule has 0 amide bonds. The molecule has 0 bridgehead atoms. The average molecular weight is 293 g/mol. The third kappa shape index (κ3) is 4.89. The van der Waals surface area contributed by atoms with Gasteiger partial charge >= 0.3 is 5.97 Å². The monoisotopic (exact) mass is 292 g/mol. The number of carbonyl (C=O) groups excluding carboxylic acids is 1. The van der Waals surface area contributed by atoms with E-state index in [0.29, 0.717) is 0 Å². The van der Waals surface area contributed by atoms with Crippen molar-refractivity contribution in [3.63, 3.8) is 0 Å². The molecule has 0 aliphatic carbocycles. The van der Waals surface area contributed by atoms with E-state index in [2.05, 4.69) is 14.4 Å². The largest absolute Gasteiger partial charge is 0.469 e. The van der Waals surface area contributed by atoms with Gasteiger partial charge in [-0.05, 0) is 12.5 Å². The topological polar surface area (TPSA) is 85.4 Å². The van der Waals surface area contributed by atoms with Crippen molar-refractivity contribution in [3.05, 3.63) is 23.5 Å². The van der Waals surface area contributed by atoms with Gasteiger partial charge in [0.25, 0.3) is 0 Å². The highest BCUT2D eigenvalue weighted by Gasteiger charge is 2.13. The molecule has 0 saturated heterocycles. The maximum atomic E-state index is 11.7. The molecule has 1 aromatic rings. The highest BCUT2D eigenvalue weighted by Crippen LogP contribution is 2.20. The van der Waals surface area contributed by atoms with Gasteiger partial charge in [0.05, 0.1) is 29.8 Å². The van der Waals surface area contributed by atoms with Crippen LogP contribution in [0.1, 0.15) is 12.8 Å². The predicted molar refractivity (Wildman–Crippen MR) is 67.9 cm³/mol. The summed E-state index contributed by atoms with van der Waals surface area (Å²) in [5.41, 5.74) is 0.220. The number of rotatable bonds is 6. The van der Waals surface area contributed by atoms with Crippen molar-refractivity contribution in [2.45, 2.75) is 12.8 Å². The summed E-state index contributed by atoms with van der Waals surface area (Å²) in [4.78, 5) is 14.6. The van der Waals surface area contributed by atoms with Crippen LogP contribution in [0.25, 0.3) is 0 Å². The molecular formula is C10H13ClN2O4S. The summed E-state index contributed by atoms with van der Waals surface area (Å²) < 4.78 is 30.1. The van der Waals surface area contributed by atoms with Crippen molar-refractivity contribution >= 4 is 33.3 Å². The maximum Gasteiger partial charge on any atom is 0.305 e. The van der Waals surface area contributed by atoms with Gasteiger partial charge in [-0.1, -0.05) is 11.6 Å². The van der Waals surface area contributed by atoms with Crippen LogP contribution in [0.4, 0.5) is 5.69 Å². The summed E-state index contributed by atoms with van der Waals surface area (Å²) in [6.07, 6.45) is 3.01. The van der Waals surface area contributed by atoms with Crippen molar-refractivity contribution in [3.8, 4) is 0 Å². The van der Waals surface area contributed by atoms with Gasteiger partial charge in [0.15, 0.2) is 0 Å². The molecule has 0 radical (unpaired) electrons. The number of hydrogen-bond acceptors (Lipinski definition) is 5. The van der Waals surface area contributed by atoms with E-state index in [0.717, 1.165) is 0 Å². The SMILES string of the molecule is COC(=O)CCCS(=O)(=O)Nc1cnccc1Cl. The van der Waals surface area contributed by atoms with E-state index in [4.69, 9.17) is 11.6 Å². The number of nitrogens with one attached hydrogen (secondary N) is 1. The number of sulfonamides is 1. The zero-order valence-electron chi connectivity index (χ0n) is 9.72. The Kier molecular flexibility index (Phi) is 5.36. The van der Waals surface area contributed by atoms with E-state index in [1.54, 1.807) is 0 Å². The molecule has 0 spiro atoms. The summed E-state index contributed by atoms with van der Waals surface area (Å²) >= 11 is 5.80. The number of pyridine rings is 1. The van der Waals surface area contributed by atoms with Crippen molar-refractivity contribution in [2.24, 2.45) is 0 Å². The van der Waals surface area contributed by atoms with Gasteiger partial charge < -0.3 is 4.74 Å². The molecule has 0 fully saturated rings. The third-order valence-electron chi connectivity index (χ3n) is 2.05. The molecule has 6 nitrogen and oxygen atoms in total. The van der Waals surface area contributed by atoms with Crippen LogP contribution in [0.3, 0.4) is 0 Å². The molecular weight excluding hydrogens is 280 g/mol. The second kappa shape index (κ2) is 6.55. The molecule has 8 heteroatoms. The zero-order chi connectivity index (χ0) is 13.6. The summed E-state index contributed by atoms with van der Waals surface area (Å²) in [7, 11) is -2.29. The lowest BCUT2D eigenvalue weighted by molar-refractivity contribution is -0.140. The van der Waals surface area contributed by atoms with E-state index >= 15 is 0 Å². The van der Waals surface area contributed by atoms with Crippen LogP contribution in [-0.4, -0.2) is 32.2 Å². The first-order chi connectivity index (χ1) is 8.44. The number of halogens is 1. The van der Waals surface area contributed by atoms with Gasteiger partial charge in [-0.25, -0.2) is 8.42 Å². The van der Waals surface area contributed by atoms with E-state index in [1.807, 2.05) is 0 Å². The number of anilines is 1. The summed E-state index contributed by atoms with van der Waals surface area (Å²) in [6, 6.07) is 1.48. The van der Waals surface area contributed by atoms with Crippen molar-refractivity contribution in [1.82, 2.24) is 4.98 Å². The predicted octanol–water partition coefficient (Wildman–Crippen LogP) is 1.43. The van der Waals surface area contributed by atoms with Crippen LogP contribution in [-0.2, 0) is 19.6 Å². The lowest BCUT2D eigenvalue weighted by atomic mass is 10.3. The summed E-state index contributed by atoms with van der Waals surface area (Å²) in [6.45, 7) is 0. The van der Waals surface area contributed by atoms with Crippen LogP contribution < -0.4 is 4.72 Å². The van der Waals surface area contributed by atoms with Crippen LogP contribution in [0.15, 0.2) is 18.5 Å². The Morgan fingerprint density at radius 3 is 2.89 bits per heavy atom. The van der Waals surface area contributed by atoms with Gasteiger partial charge in [0.2, 0.25) is 10.0 Å². The number of hydrogen-bond donors (Lipinski definition) is 1. The lowest BCUT2D eigenvalue weighted by Gasteiger charge is -2.08. The van der Waals surface area contributed by atoms with Crippen LogP contribution in [0, 0.1) is 0 Å². The molecule has 18 heavy (non-hydrogen) atoms. The molecule has 0 saturated carbocycles. The molecule has 0 aliphatic rings. The van der Waals surface area contributed by atoms with Crippen molar-refractivity contribution in [2.75, 3.05) is 17.6 Å². The maximum absolute atomic E-state index is 11.7. The van der Waals surface area contributed by atoms with Gasteiger partial charge in [-0.15, -0.1) is 0 Å². The Bertz CT molecular complexity index is 518. The van der Waals surface area contributed by atoms with E-state index < -0.39 is 16.0 Å². The first-order valence-electron chi connectivity index (χ1n) is 5.11. The Hall–Kier alpha value is -1.34. The second-order valence-corrected chi connectivity index (χ2v) is 5.71. The molecule has 1 N–H and O–H groups in total. The van der Waals surface area contributed by atoms with Gasteiger partial charge in [-0.3, -0.25) is 14.5 Å². The molecule has 0 aliphatic heterocycles. The van der Waals surface area contributed by atoms with Crippen LogP contribution in [0.5, 0.6) is 0 Å². The van der Waals surface area contributed by atoms with Gasteiger partial charge in [-0.2, -0.15) is 0 Å². The molecule has 1 aromatic heterocycles. The van der Waals surface area contributed by atoms with Crippen LogP contribution in [0.2, 0.25) is 5.02 Å². The second-order valence-electron chi connectivity index (χ2n) is 3.46. The quantitative estimate of drug-likeness (QED) is 0.802. The number of nitrogens with zero attached hydrogens (tertiary/aromatic N) is 1. The van der Waals surface area contributed by atoms with Crippen molar-refractivity contribution in [1.29, 1.82) is 0 Å². The number of esters is 1. The van der Waals surface area contributed by atoms with E-state index in [-0.39, 0.29) is 29.3 Å². The zero-order valence-corrected chi connectivity index (χ0v) is 11.3. The molecule has 100 valence electrons. The molecule has 1 heterocycles. The fourth-order valence-corrected chi connectivity index (χ4v) is 2.51. The first kappa shape index (κ1) is 14.7. The summed E-state index contributed by atoms with van der Waals surface area (Å²) in [5, 5.41) is 0.265. The minimum Gasteiger partial charge on any atom is -0.469 e. The molecule has 0 atom stereocenters. The van der Waals surface area contributed by atoms with Gasteiger partial charge in [0.1, 0.15) is 0 Å². The minimum atomic E-state index is -3.54. The van der Waals surface area contributed by atoms with Crippen molar-refractivity contribution < 1.29 is 17.9 Å². The fourth-order valence-electron chi connectivity index (χ4n) is 1.18.